The Morgan fingerprint density at radius 2 is 1.14 bits per heavy atom. The van der Waals surface area contributed by atoms with Crippen LogP contribution in [-0.4, -0.2) is 9.97 Å². The third-order valence-corrected chi connectivity index (χ3v) is 9.07. The predicted octanol–water partition coefficient (Wildman–Crippen LogP) is 10.6. The van der Waals surface area contributed by atoms with Gasteiger partial charge in [-0.05, 0) is 64.7 Å². The summed E-state index contributed by atoms with van der Waals surface area (Å²) in [7, 11) is 0. The monoisotopic (exact) mass is 646 g/mol. The van der Waals surface area contributed by atoms with Crippen LogP contribution in [0.4, 0.5) is 0 Å². The first-order valence-electron chi connectivity index (χ1n) is 16.4. The van der Waals surface area contributed by atoms with Crippen LogP contribution in [0.1, 0.15) is 11.3 Å². The van der Waals surface area contributed by atoms with Crippen molar-refractivity contribution in [2.24, 2.45) is 11.5 Å². The number of allylic oxidation sites excluding steroid dienone is 2. The Balaban J connectivity index is 1.31. The molecule has 9 aromatic rings. The lowest BCUT2D eigenvalue weighted by Gasteiger charge is -2.09. The highest BCUT2D eigenvalue weighted by Crippen LogP contribution is 2.43. The fourth-order valence-corrected chi connectivity index (χ4v) is 6.64. The van der Waals surface area contributed by atoms with E-state index in [0.717, 1.165) is 60.7 Å². The van der Waals surface area contributed by atoms with E-state index in [0.29, 0.717) is 39.6 Å². The third-order valence-electron chi connectivity index (χ3n) is 9.07. The summed E-state index contributed by atoms with van der Waals surface area (Å²) in [6.45, 7) is 0. The van der Waals surface area contributed by atoms with E-state index in [1.54, 1.807) is 12.2 Å². The number of para-hydroxylation sites is 1. The summed E-state index contributed by atoms with van der Waals surface area (Å²) >= 11 is 0. The van der Waals surface area contributed by atoms with Crippen LogP contribution in [0.5, 0.6) is 0 Å². The molecule has 0 unspecified atom stereocenters. The molecule has 0 spiro atoms. The summed E-state index contributed by atoms with van der Waals surface area (Å²) in [5.74, 6) is 0.509. The molecule has 0 aliphatic heterocycles. The van der Waals surface area contributed by atoms with Gasteiger partial charge in [-0.2, -0.15) is 0 Å². The normalized spacial score (nSPS) is 12.4. The van der Waals surface area contributed by atoms with Gasteiger partial charge < -0.3 is 20.3 Å². The van der Waals surface area contributed by atoms with Crippen molar-refractivity contribution in [3.8, 4) is 33.6 Å². The molecule has 0 atom stereocenters. The van der Waals surface area contributed by atoms with E-state index in [9.17, 15) is 0 Å². The third kappa shape index (κ3) is 4.98. The molecule has 9 rings (SSSR count). The SMILES string of the molecule is N/C(=C\C=C(/N)c1nc(-c2cccc3oc4c(-c5ccccc5)cc(-c5ccccc5)cc4c23)nc2c1oc1ccccc12)c1ccccc1. The zero-order valence-electron chi connectivity index (χ0n) is 26.9. The summed E-state index contributed by atoms with van der Waals surface area (Å²) in [6, 6.07) is 48.7. The van der Waals surface area contributed by atoms with Crippen LogP contribution in [0.25, 0.3) is 89.0 Å². The minimum Gasteiger partial charge on any atom is -0.455 e. The van der Waals surface area contributed by atoms with Gasteiger partial charge in [0.05, 0.1) is 5.70 Å². The molecular weight excluding hydrogens is 617 g/mol. The second-order valence-electron chi connectivity index (χ2n) is 12.2. The van der Waals surface area contributed by atoms with Crippen molar-refractivity contribution in [1.29, 1.82) is 0 Å². The molecule has 3 heterocycles. The summed E-state index contributed by atoms with van der Waals surface area (Å²) in [5.41, 5.74) is 24.1. The summed E-state index contributed by atoms with van der Waals surface area (Å²) in [5, 5.41) is 2.77. The standard InChI is InChI=1S/C44H30N4O2/c45-35(29-17-8-3-9-18-29)23-24-36(46)41-43-40(31-19-10-11-21-37(31)49-43)47-44(48-41)32-20-12-22-38-39(32)34-26-30(27-13-4-1-5-14-27)25-33(42(34)50-38)28-15-6-2-7-16-28/h1-26H,45-46H2/b35-23-,36-24-. The zero-order valence-corrected chi connectivity index (χ0v) is 26.9. The van der Waals surface area contributed by atoms with Crippen molar-refractivity contribution in [2.75, 3.05) is 0 Å². The quantitative estimate of drug-likeness (QED) is 0.174. The van der Waals surface area contributed by atoms with Gasteiger partial charge in [0.15, 0.2) is 11.4 Å². The van der Waals surface area contributed by atoms with E-state index in [-0.39, 0.29) is 0 Å². The Labute approximate surface area is 287 Å². The van der Waals surface area contributed by atoms with Gasteiger partial charge in [0, 0.05) is 33.0 Å². The van der Waals surface area contributed by atoms with Gasteiger partial charge >= 0.3 is 0 Å². The molecule has 0 aliphatic carbocycles. The van der Waals surface area contributed by atoms with E-state index in [2.05, 4.69) is 48.5 Å². The minimum atomic E-state index is 0.401. The molecule has 6 heteroatoms. The molecule has 0 radical (unpaired) electrons. The molecular formula is C44H30N4O2. The molecule has 6 aromatic carbocycles. The van der Waals surface area contributed by atoms with Gasteiger partial charge in [0.25, 0.3) is 0 Å². The van der Waals surface area contributed by atoms with Crippen LogP contribution in [0.3, 0.4) is 0 Å². The highest BCUT2D eigenvalue weighted by molar-refractivity contribution is 6.16. The highest BCUT2D eigenvalue weighted by atomic mass is 16.3. The molecule has 0 bridgehead atoms. The maximum atomic E-state index is 6.80. The molecule has 238 valence electrons. The average Bonchev–Trinajstić information content (AvgIpc) is 3.76. The molecule has 0 saturated carbocycles. The molecule has 50 heavy (non-hydrogen) atoms. The molecule has 3 aromatic heterocycles. The van der Waals surface area contributed by atoms with Crippen LogP contribution in [0, 0.1) is 0 Å². The number of hydrogen-bond acceptors (Lipinski definition) is 6. The first kappa shape index (κ1) is 29.2. The minimum absolute atomic E-state index is 0.401. The molecule has 0 fully saturated rings. The lowest BCUT2D eigenvalue weighted by atomic mass is 9.95. The van der Waals surface area contributed by atoms with Crippen molar-refractivity contribution >= 4 is 55.4 Å². The predicted molar refractivity (Wildman–Crippen MR) is 204 cm³/mol. The van der Waals surface area contributed by atoms with Crippen LogP contribution in [-0.2, 0) is 0 Å². The van der Waals surface area contributed by atoms with E-state index in [1.165, 1.54) is 0 Å². The maximum absolute atomic E-state index is 6.80. The Hall–Kier alpha value is -6.92. The first-order valence-corrected chi connectivity index (χ1v) is 16.4. The topological polar surface area (TPSA) is 104 Å². The van der Waals surface area contributed by atoms with Crippen molar-refractivity contribution in [1.82, 2.24) is 9.97 Å². The highest BCUT2D eigenvalue weighted by Gasteiger charge is 2.22. The lowest BCUT2D eigenvalue weighted by Crippen LogP contribution is -2.03. The number of benzene rings is 6. The van der Waals surface area contributed by atoms with Crippen LogP contribution in [0.2, 0.25) is 0 Å². The number of furan rings is 2. The fraction of sp³-hybridized carbons (Fsp3) is 0. The maximum Gasteiger partial charge on any atom is 0.181 e. The summed E-state index contributed by atoms with van der Waals surface area (Å²) in [6.07, 6.45) is 3.56. The summed E-state index contributed by atoms with van der Waals surface area (Å²) in [4.78, 5) is 10.3. The van der Waals surface area contributed by atoms with Gasteiger partial charge in [-0.25, -0.2) is 9.97 Å². The molecule has 4 N–H and O–H groups in total. The van der Waals surface area contributed by atoms with E-state index >= 15 is 0 Å². The van der Waals surface area contributed by atoms with Gasteiger partial charge in [0.2, 0.25) is 0 Å². The van der Waals surface area contributed by atoms with Gasteiger partial charge in [-0.1, -0.05) is 115 Å². The van der Waals surface area contributed by atoms with Gasteiger partial charge in [-0.15, -0.1) is 0 Å². The lowest BCUT2D eigenvalue weighted by molar-refractivity contribution is 0.664. The van der Waals surface area contributed by atoms with Crippen molar-refractivity contribution < 1.29 is 8.83 Å². The van der Waals surface area contributed by atoms with Crippen molar-refractivity contribution in [2.45, 2.75) is 0 Å². The Morgan fingerprint density at radius 3 is 1.92 bits per heavy atom. The van der Waals surface area contributed by atoms with Crippen molar-refractivity contribution in [3.05, 3.63) is 169 Å². The van der Waals surface area contributed by atoms with Crippen molar-refractivity contribution in [3.63, 3.8) is 0 Å². The van der Waals surface area contributed by atoms with E-state index < -0.39 is 0 Å². The Kier molecular flexibility index (Phi) is 6.99. The second kappa shape index (κ2) is 12.0. The fourth-order valence-electron chi connectivity index (χ4n) is 6.64. The molecule has 0 amide bonds. The van der Waals surface area contributed by atoms with Gasteiger partial charge in [-0.3, -0.25) is 0 Å². The number of rotatable bonds is 6. The van der Waals surface area contributed by atoms with Crippen LogP contribution >= 0.6 is 0 Å². The number of aromatic nitrogens is 2. The second-order valence-corrected chi connectivity index (χ2v) is 12.2. The van der Waals surface area contributed by atoms with E-state index in [4.69, 9.17) is 30.3 Å². The van der Waals surface area contributed by atoms with Gasteiger partial charge in [0.1, 0.15) is 28.0 Å². The average molecular weight is 647 g/mol. The first-order chi connectivity index (χ1) is 24.6. The number of fused-ring (bicyclic) bond motifs is 6. The molecule has 0 saturated heterocycles. The smallest absolute Gasteiger partial charge is 0.181 e. The van der Waals surface area contributed by atoms with Crippen LogP contribution < -0.4 is 11.5 Å². The Bertz CT molecular complexity index is 2760. The largest absolute Gasteiger partial charge is 0.455 e. The summed E-state index contributed by atoms with van der Waals surface area (Å²) < 4.78 is 13.0. The molecule has 0 aliphatic rings. The van der Waals surface area contributed by atoms with E-state index in [1.807, 2.05) is 97.1 Å². The zero-order chi connectivity index (χ0) is 33.6. The molecule has 6 nitrogen and oxygen atoms in total. The number of hydrogen-bond donors (Lipinski definition) is 2. The number of nitrogens with two attached hydrogens (primary N) is 2. The Morgan fingerprint density at radius 1 is 0.500 bits per heavy atom. The number of nitrogens with zero attached hydrogens (tertiary/aromatic N) is 2. The van der Waals surface area contributed by atoms with Crippen LogP contribution in [0.15, 0.2) is 167 Å².